The van der Waals surface area contributed by atoms with Crippen LogP contribution in [0.5, 0.6) is 11.5 Å². The lowest BCUT2D eigenvalue weighted by Gasteiger charge is -2.15. The molecule has 5 nitrogen and oxygen atoms in total. The van der Waals surface area contributed by atoms with E-state index in [1.807, 2.05) is 12.1 Å². The number of nitrogens with one attached hydrogen (secondary N) is 1. The van der Waals surface area contributed by atoms with Crippen molar-refractivity contribution in [1.82, 2.24) is 4.98 Å². The standard InChI is InChI=1S/C18H12Cl2IN3O2/c1-25-16-6-15(11(19)4-12(16)20)24-18-9(7-22)8-23-14-5-13(21)17(26-2)3-10(14)18/h3-6,8H,1-2H3,(H,23,24). The Balaban J connectivity index is 2.22. The van der Waals surface area contributed by atoms with Crippen LogP contribution in [-0.4, -0.2) is 19.2 Å². The highest BCUT2D eigenvalue weighted by atomic mass is 127. The SMILES string of the molecule is COc1cc(Nc2c(C#N)cnc3cc(I)c(OC)cc23)c(Cl)cc1Cl. The maximum absolute atomic E-state index is 9.51. The zero-order chi connectivity index (χ0) is 18.8. The van der Waals surface area contributed by atoms with Crippen molar-refractivity contribution in [1.29, 1.82) is 5.26 Å². The Hall–Kier alpha value is -1.95. The molecule has 26 heavy (non-hydrogen) atoms. The van der Waals surface area contributed by atoms with Gasteiger partial charge in [0.05, 0.1) is 50.3 Å². The number of pyridine rings is 1. The van der Waals surface area contributed by atoms with E-state index in [4.69, 9.17) is 32.7 Å². The van der Waals surface area contributed by atoms with E-state index in [1.54, 1.807) is 19.2 Å². The second-order valence-corrected chi connectivity index (χ2v) is 7.23. The van der Waals surface area contributed by atoms with Crippen LogP contribution in [0.15, 0.2) is 30.5 Å². The molecule has 0 radical (unpaired) electrons. The molecule has 1 heterocycles. The molecule has 0 fully saturated rings. The molecule has 0 unspecified atom stereocenters. The van der Waals surface area contributed by atoms with E-state index < -0.39 is 0 Å². The summed E-state index contributed by atoms with van der Waals surface area (Å²) >= 11 is 14.6. The van der Waals surface area contributed by atoms with Crippen LogP contribution in [-0.2, 0) is 0 Å². The van der Waals surface area contributed by atoms with Gasteiger partial charge in [-0.05, 0) is 40.8 Å². The first-order valence-corrected chi connectivity index (χ1v) is 9.18. The van der Waals surface area contributed by atoms with Crippen molar-refractivity contribution < 1.29 is 9.47 Å². The Bertz CT molecular complexity index is 1050. The lowest BCUT2D eigenvalue weighted by molar-refractivity contribution is 0.412. The lowest BCUT2D eigenvalue weighted by atomic mass is 10.1. The van der Waals surface area contributed by atoms with Crippen LogP contribution in [0.4, 0.5) is 11.4 Å². The minimum Gasteiger partial charge on any atom is -0.496 e. The number of methoxy groups -OCH3 is 2. The summed E-state index contributed by atoms with van der Waals surface area (Å²) in [4.78, 5) is 4.36. The molecule has 2 aromatic carbocycles. The molecule has 0 saturated carbocycles. The zero-order valence-corrected chi connectivity index (χ0v) is 17.4. The van der Waals surface area contributed by atoms with Crippen molar-refractivity contribution in [3.63, 3.8) is 0 Å². The van der Waals surface area contributed by atoms with Crippen LogP contribution in [0, 0.1) is 14.9 Å². The average Bonchev–Trinajstić information content (AvgIpc) is 2.63. The number of rotatable bonds is 4. The van der Waals surface area contributed by atoms with Crippen molar-refractivity contribution >= 4 is 68.1 Å². The van der Waals surface area contributed by atoms with Gasteiger partial charge in [-0.3, -0.25) is 4.98 Å². The fourth-order valence-electron chi connectivity index (χ4n) is 2.49. The first kappa shape index (κ1) is 18.8. The number of fused-ring (bicyclic) bond motifs is 1. The maximum Gasteiger partial charge on any atom is 0.139 e. The summed E-state index contributed by atoms with van der Waals surface area (Å²) in [5, 5.41) is 14.3. The number of ether oxygens (including phenoxy) is 2. The fourth-order valence-corrected chi connectivity index (χ4v) is 3.66. The quantitative estimate of drug-likeness (QED) is 0.461. The number of anilines is 2. The zero-order valence-electron chi connectivity index (χ0n) is 13.7. The third-order valence-corrected chi connectivity index (χ3v) is 5.21. The Morgan fingerprint density at radius 2 is 1.81 bits per heavy atom. The van der Waals surface area contributed by atoms with Gasteiger partial charge in [-0.2, -0.15) is 5.26 Å². The molecule has 0 aliphatic rings. The van der Waals surface area contributed by atoms with Gasteiger partial charge in [-0.25, -0.2) is 0 Å². The average molecular weight is 500 g/mol. The summed E-state index contributed by atoms with van der Waals surface area (Å²) in [6.07, 6.45) is 1.52. The second-order valence-electron chi connectivity index (χ2n) is 5.25. The predicted octanol–water partition coefficient (Wildman–Crippen LogP) is 5.78. The lowest BCUT2D eigenvalue weighted by Crippen LogP contribution is -1.99. The largest absolute Gasteiger partial charge is 0.496 e. The Morgan fingerprint density at radius 1 is 1.08 bits per heavy atom. The van der Waals surface area contributed by atoms with Gasteiger partial charge in [-0.15, -0.1) is 0 Å². The molecular formula is C18H12Cl2IN3O2. The molecule has 0 saturated heterocycles. The number of halogens is 3. The summed E-state index contributed by atoms with van der Waals surface area (Å²) in [6.45, 7) is 0. The molecule has 0 atom stereocenters. The van der Waals surface area contributed by atoms with Crippen molar-refractivity contribution in [2.45, 2.75) is 0 Å². The Kier molecular flexibility index (Phi) is 5.61. The van der Waals surface area contributed by atoms with Crippen LogP contribution >= 0.6 is 45.8 Å². The molecule has 0 bridgehead atoms. The van der Waals surface area contributed by atoms with E-state index in [-0.39, 0.29) is 0 Å². The molecule has 0 spiro atoms. The van der Waals surface area contributed by atoms with E-state index in [0.717, 1.165) is 14.5 Å². The smallest absolute Gasteiger partial charge is 0.139 e. The summed E-state index contributed by atoms with van der Waals surface area (Å²) < 4.78 is 11.6. The number of hydrogen-bond acceptors (Lipinski definition) is 5. The van der Waals surface area contributed by atoms with Gasteiger partial charge in [0.2, 0.25) is 0 Å². The molecule has 0 aliphatic carbocycles. The van der Waals surface area contributed by atoms with Gasteiger partial charge in [0.25, 0.3) is 0 Å². The van der Waals surface area contributed by atoms with E-state index in [2.05, 4.69) is 39.0 Å². The predicted molar refractivity (Wildman–Crippen MR) is 112 cm³/mol. The number of nitrogens with zero attached hydrogens (tertiary/aromatic N) is 2. The van der Waals surface area contributed by atoms with Crippen LogP contribution in [0.25, 0.3) is 10.9 Å². The molecular weight excluding hydrogens is 488 g/mol. The van der Waals surface area contributed by atoms with Gasteiger partial charge in [0.1, 0.15) is 17.6 Å². The van der Waals surface area contributed by atoms with Crippen molar-refractivity contribution in [2.24, 2.45) is 0 Å². The summed E-state index contributed by atoms with van der Waals surface area (Å²) in [5.74, 6) is 1.17. The van der Waals surface area contributed by atoms with E-state index in [1.165, 1.54) is 13.3 Å². The molecule has 3 aromatic rings. The van der Waals surface area contributed by atoms with Crippen LogP contribution in [0.2, 0.25) is 10.0 Å². The van der Waals surface area contributed by atoms with E-state index >= 15 is 0 Å². The minimum absolute atomic E-state index is 0.380. The van der Waals surface area contributed by atoms with E-state index in [0.29, 0.717) is 38.5 Å². The first-order valence-electron chi connectivity index (χ1n) is 7.35. The van der Waals surface area contributed by atoms with Crippen molar-refractivity contribution in [3.8, 4) is 17.6 Å². The minimum atomic E-state index is 0.380. The molecule has 132 valence electrons. The molecule has 3 rings (SSSR count). The third-order valence-electron chi connectivity index (χ3n) is 3.76. The van der Waals surface area contributed by atoms with Crippen molar-refractivity contribution in [3.05, 3.63) is 49.6 Å². The first-order chi connectivity index (χ1) is 12.5. The number of aromatic nitrogens is 1. The molecule has 0 aliphatic heterocycles. The number of nitriles is 1. The highest BCUT2D eigenvalue weighted by molar-refractivity contribution is 14.1. The Labute approximate surface area is 174 Å². The molecule has 1 N–H and O–H groups in total. The monoisotopic (exact) mass is 499 g/mol. The molecule has 8 heteroatoms. The van der Waals surface area contributed by atoms with Gasteiger partial charge < -0.3 is 14.8 Å². The molecule has 0 amide bonds. The van der Waals surface area contributed by atoms with Crippen LogP contribution in [0.1, 0.15) is 5.56 Å². The molecule has 1 aromatic heterocycles. The topological polar surface area (TPSA) is 67.2 Å². The summed E-state index contributed by atoms with van der Waals surface area (Å²) in [7, 11) is 3.12. The fraction of sp³-hybridized carbons (Fsp3) is 0.111. The van der Waals surface area contributed by atoms with E-state index in [9.17, 15) is 5.26 Å². The maximum atomic E-state index is 9.51. The normalized spacial score (nSPS) is 10.5. The third kappa shape index (κ3) is 3.47. The summed E-state index contributed by atoms with van der Waals surface area (Å²) in [5.41, 5.74) is 2.26. The van der Waals surface area contributed by atoms with Gasteiger partial charge in [0, 0.05) is 17.6 Å². The second kappa shape index (κ2) is 7.74. The number of benzene rings is 2. The highest BCUT2D eigenvalue weighted by Crippen LogP contribution is 2.39. The van der Waals surface area contributed by atoms with Crippen LogP contribution in [0.3, 0.4) is 0 Å². The van der Waals surface area contributed by atoms with Crippen LogP contribution < -0.4 is 14.8 Å². The Morgan fingerprint density at radius 3 is 2.46 bits per heavy atom. The highest BCUT2D eigenvalue weighted by Gasteiger charge is 2.15. The van der Waals surface area contributed by atoms with Gasteiger partial charge in [0.15, 0.2) is 0 Å². The van der Waals surface area contributed by atoms with Crippen molar-refractivity contribution in [2.75, 3.05) is 19.5 Å². The van der Waals surface area contributed by atoms with Gasteiger partial charge in [-0.1, -0.05) is 23.2 Å². The van der Waals surface area contributed by atoms with Gasteiger partial charge >= 0.3 is 0 Å². The number of hydrogen-bond donors (Lipinski definition) is 1. The summed E-state index contributed by atoms with van der Waals surface area (Å²) in [6, 6.07) is 9.16.